The van der Waals surface area contributed by atoms with Crippen molar-refractivity contribution in [2.24, 2.45) is 11.7 Å². The van der Waals surface area contributed by atoms with Gasteiger partial charge in [-0.3, -0.25) is 9.59 Å². The zero-order valence-corrected chi connectivity index (χ0v) is 23.9. The third-order valence-electron chi connectivity index (χ3n) is 6.59. The van der Waals surface area contributed by atoms with Crippen LogP contribution in [-0.2, 0) is 22.6 Å². The molecular weight excluding hydrogens is 518 g/mol. The van der Waals surface area contributed by atoms with E-state index in [1.165, 1.54) is 12.4 Å². The number of carbonyl (C=O) groups excluding carboxylic acids is 2. The van der Waals surface area contributed by atoms with Crippen molar-refractivity contribution in [2.45, 2.75) is 46.7 Å². The molecule has 0 saturated heterocycles. The molecule has 3 aromatic rings. The van der Waals surface area contributed by atoms with E-state index >= 15 is 0 Å². The molecule has 0 fully saturated rings. The van der Waals surface area contributed by atoms with Gasteiger partial charge in [-0.25, -0.2) is 9.97 Å². The lowest BCUT2D eigenvalue weighted by molar-refractivity contribution is -0.135. The second kappa shape index (κ2) is 13.1. The number of nitrogens with one attached hydrogen (secondary N) is 3. The molecule has 10 nitrogen and oxygen atoms in total. The number of aromatic nitrogens is 2. The Morgan fingerprint density at radius 2 is 1.88 bits per heavy atom. The van der Waals surface area contributed by atoms with Crippen LogP contribution in [0.5, 0.6) is 5.75 Å². The average Bonchev–Trinajstić information content (AvgIpc) is 2.96. The molecule has 2 amide bonds. The first-order chi connectivity index (χ1) is 19.7. The van der Waals surface area contributed by atoms with Gasteiger partial charge < -0.3 is 31.4 Å². The van der Waals surface area contributed by atoms with Crippen molar-refractivity contribution < 1.29 is 14.3 Å². The maximum Gasteiger partial charge on any atom is 0.258 e. The van der Waals surface area contributed by atoms with Gasteiger partial charge in [0.05, 0.1) is 12.2 Å². The molecule has 0 atom stereocenters. The van der Waals surface area contributed by atoms with Crippen LogP contribution < -0.4 is 21.1 Å². The monoisotopic (exact) mass is 555 g/mol. The number of fused-ring (bicyclic) bond motifs is 1. The molecule has 1 aromatic heterocycles. The van der Waals surface area contributed by atoms with E-state index in [9.17, 15) is 9.59 Å². The first-order valence-corrected chi connectivity index (χ1v) is 13.7. The van der Waals surface area contributed by atoms with Crippen LogP contribution in [0.4, 0.5) is 11.5 Å². The summed E-state index contributed by atoms with van der Waals surface area (Å²) in [6, 6.07) is 14.9. The van der Waals surface area contributed by atoms with Gasteiger partial charge in [0.15, 0.2) is 12.4 Å². The lowest BCUT2D eigenvalue weighted by atomic mass is 10.0. The van der Waals surface area contributed by atoms with Crippen molar-refractivity contribution in [1.82, 2.24) is 20.2 Å². The van der Waals surface area contributed by atoms with Crippen LogP contribution in [0.15, 0.2) is 54.7 Å². The van der Waals surface area contributed by atoms with Gasteiger partial charge in [0.25, 0.3) is 5.91 Å². The van der Waals surface area contributed by atoms with Crippen LogP contribution in [0.3, 0.4) is 0 Å². The lowest BCUT2D eigenvalue weighted by Crippen LogP contribution is -2.39. The van der Waals surface area contributed by atoms with Crippen LogP contribution in [0.1, 0.15) is 44.5 Å². The van der Waals surface area contributed by atoms with Crippen molar-refractivity contribution in [3.8, 4) is 17.1 Å². The van der Waals surface area contributed by atoms with Gasteiger partial charge in [0, 0.05) is 59.7 Å². The molecule has 214 valence electrons. The predicted octanol–water partition coefficient (Wildman–Crippen LogP) is 4.28. The molecule has 0 unspecified atom stereocenters. The molecule has 1 aliphatic rings. The summed E-state index contributed by atoms with van der Waals surface area (Å²) in [7, 11) is 0. The number of nitrogens with zero attached hydrogens (tertiary/aromatic N) is 3. The summed E-state index contributed by atoms with van der Waals surface area (Å²) in [5.41, 5.74) is 10.4. The fourth-order valence-electron chi connectivity index (χ4n) is 4.55. The van der Waals surface area contributed by atoms with E-state index in [1.54, 1.807) is 6.07 Å². The van der Waals surface area contributed by atoms with Crippen LogP contribution in [0.25, 0.3) is 17.0 Å². The third kappa shape index (κ3) is 7.27. The molecule has 0 saturated carbocycles. The third-order valence-corrected chi connectivity index (χ3v) is 6.59. The van der Waals surface area contributed by atoms with Gasteiger partial charge in [0.1, 0.15) is 11.6 Å². The zero-order chi connectivity index (χ0) is 29.5. The second-order valence-electron chi connectivity index (χ2n) is 10.5. The molecule has 0 spiro atoms. The minimum atomic E-state index is -0.192. The van der Waals surface area contributed by atoms with Gasteiger partial charge in [-0.05, 0) is 43.7 Å². The van der Waals surface area contributed by atoms with E-state index in [-0.39, 0.29) is 30.4 Å². The van der Waals surface area contributed by atoms with Gasteiger partial charge in [-0.15, -0.1) is 0 Å². The Kier molecular flexibility index (Phi) is 9.34. The summed E-state index contributed by atoms with van der Waals surface area (Å²) < 4.78 is 5.72. The summed E-state index contributed by atoms with van der Waals surface area (Å²) in [5.74, 6) is 1.46. The average molecular weight is 556 g/mol. The number of hydrogen-bond donors (Lipinski definition) is 4. The van der Waals surface area contributed by atoms with E-state index < -0.39 is 0 Å². The highest BCUT2D eigenvalue weighted by molar-refractivity contribution is 6.08. The van der Waals surface area contributed by atoms with Gasteiger partial charge in [-0.1, -0.05) is 38.1 Å². The first kappa shape index (κ1) is 29.3. The van der Waals surface area contributed by atoms with E-state index in [2.05, 4.69) is 10.6 Å². The summed E-state index contributed by atoms with van der Waals surface area (Å²) in [4.78, 5) is 36.5. The fraction of sp³-hybridized carbons (Fsp3) is 0.323. The number of allylic oxidation sites excluding steroid dienone is 1. The fourth-order valence-corrected chi connectivity index (χ4v) is 4.55. The Balaban J connectivity index is 1.67. The van der Waals surface area contributed by atoms with E-state index in [0.29, 0.717) is 42.5 Å². The van der Waals surface area contributed by atoms with E-state index in [1.807, 2.05) is 75.1 Å². The van der Waals surface area contributed by atoms with Crippen molar-refractivity contribution in [2.75, 3.05) is 18.5 Å². The molecule has 10 heteroatoms. The van der Waals surface area contributed by atoms with Crippen LogP contribution in [0, 0.1) is 11.3 Å². The van der Waals surface area contributed by atoms with E-state index in [4.69, 9.17) is 25.8 Å². The molecule has 2 aromatic carbocycles. The number of benzene rings is 2. The van der Waals surface area contributed by atoms with Gasteiger partial charge in [0.2, 0.25) is 5.91 Å². The highest BCUT2D eigenvalue weighted by Gasteiger charge is 2.27. The number of amides is 2. The molecule has 0 aliphatic carbocycles. The number of carbonyl (C=O) groups is 2. The molecule has 4 rings (SSSR count). The Morgan fingerprint density at radius 1 is 1.12 bits per heavy atom. The van der Waals surface area contributed by atoms with E-state index in [0.717, 1.165) is 28.1 Å². The highest BCUT2D eigenvalue weighted by Crippen LogP contribution is 2.31. The molecule has 41 heavy (non-hydrogen) atoms. The Morgan fingerprint density at radius 3 is 2.54 bits per heavy atom. The molecule has 0 bridgehead atoms. The lowest BCUT2D eigenvalue weighted by Gasteiger charge is -2.31. The molecule has 0 radical (unpaired) electrons. The predicted molar refractivity (Wildman–Crippen MR) is 161 cm³/mol. The minimum absolute atomic E-state index is 0.0328. The number of hydrogen-bond acceptors (Lipinski definition) is 8. The number of nitrogens with two attached hydrogens (primary N) is 1. The molecule has 1 aliphatic heterocycles. The Labute approximate surface area is 240 Å². The van der Waals surface area contributed by atoms with Crippen molar-refractivity contribution in [3.63, 3.8) is 0 Å². The normalized spacial score (nSPS) is 13.1. The largest absolute Gasteiger partial charge is 0.484 e. The number of anilines is 2. The smallest absolute Gasteiger partial charge is 0.258 e. The first-order valence-electron chi connectivity index (χ1n) is 13.7. The highest BCUT2D eigenvalue weighted by atomic mass is 16.5. The summed E-state index contributed by atoms with van der Waals surface area (Å²) in [5, 5.41) is 13.8. The molecule has 2 heterocycles. The van der Waals surface area contributed by atoms with Gasteiger partial charge in [-0.2, -0.15) is 0 Å². The SMILES string of the molecule is CC(C)NC(=O)COc1cccc(-c2nc3c(c(Nc4ccc(/C(C=N)=C/N)cc4)n2)CN(C(=O)C(C)C)CC3)c1. The van der Waals surface area contributed by atoms with Crippen LogP contribution in [-0.4, -0.2) is 52.1 Å². The van der Waals surface area contributed by atoms with Crippen molar-refractivity contribution >= 4 is 35.1 Å². The van der Waals surface area contributed by atoms with Gasteiger partial charge >= 0.3 is 0 Å². The van der Waals surface area contributed by atoms with Crippen LogP contribution in [0.2, 0.25) is 0 Å². The quantitative estimate of drug-likeness (QED) is 0.273. The topological polar surface area (TPSA) is 146 Å². The second-order valence-corrected chi connectivity index (χ2v) is 10.5. The summed E-state index contributed by atoms with van der Waals surface area (Å²) in [6.07, 6.45) is 3.22. The maximum absolute atomic E-state index is 12.8. The maximum atomic E-state index is 12.8. The minimum Gasteiger partial charge on any atom is -0.484 e. The molecular formula is C31H37N7O3. The van der Waals surface area contributed by atoms with Crippen LogP contribution >= 0.6 is 0 Å². The zero-order valence-electron chi connectivity index (χ0n) is 23.9. The van der Waals surface area contributed by atoms with Crippen molar-refractivity contribution in [3.05, 3.63) is 71.6 Å². The summed E-state index contributed by atoms with van der Waals surface area (Å²) in [6.45, 7) is 8.50. The Bertz CT molecular complexity index is 1450. The molecule has 5 N–H and O–H groups in total. The standard InChI is InChI=1S/C31H37N7O3/c1-19(2)31(40)38-13-12-27-26(17-38)30(35-24-10-8-21(9-11-24)23(15-32)16-33)37-29(36-27)22-6-5-7-25(14-22)41-18-28(39)34-20(3)4/h5-11,14-16,19-20,32H,12-13,17-18,33H2,1-4H3,(H,34,39)(H,35,36,37)/b23-16+,32-15?. The number of rotatable bonds is 10. The summed E-state index contributed by atoms with van der Waals surface area (Å²) >= 11 is 0. The number of ether oxygens (including phenoxy) is 1. The Hall–Kier alpha value is -4.73. The van der Waals surface area contributed by atoms with Crippen molar-refractivity contribution in [1.29, 1.82) is 5.41 Å².